The minimum atomic E-state index is 0.454. The molecule has 0 aromatic carbocycles. The number of hydrogen-bond donors (Lipinski definition) is 1. The van der Waals surface area contributed by atoms with Gasteiger partial charge in [0.25, 0.3) is 0 Å². The fourth-order valence-electron chi connectivity index (χ4n) is 1.15. The Hall–Kier alpha value is -0.730. The normalized spacial score (nSPS) is 23.4. The molecule has 1 aliphatic rings. The molecule has 58 valence electrons. The van der Waals surface area contributed by atoms with Gasteiger partial charge < -0.3 is 4.90 Å². The van der Waals surface area contributed by atoms with E-state index in [4.69, 9.17) is 0 Å². The molecule has 1 aliphatic heterocycles. The summed E-state index contributed by atoms with van der Waals surface area (Å²) in [6.45, 7) is 5.37. The third-order valence-corrected chi connectivity index (χ3v) is 1.76. The summed E-state index contributed by atoms with van der Waals surface area (Å²) >= 11 is 0. The number of rotatable bonds is 3. The van der Waals surface area contributed by atoms with Crippen LogP contribution in [0.4, 0.5) is 0 Å². The first-order chi connectivity index (χ1) is 4.88. The van der Waals surface area contributed by atoms with Gasteiger partial charge in [0.05, 0.1) is 0 Å². The lowest BCUT2D eigenvalue weighted by molar-refractivity contribution is 0.298. The van der Waals surface area contributed by atoms with E-state index in [-0.39, 0.29) is 0 Å². The molecule has 1 heterocycles. The average Bonchev–Trinajstić information content (AvgIpc) is 2.36. The summed E-state index contributed by atoms with van der Waals surface area (Å²) in [5, 5.41) is 3.99. The molecule has 3 nitrogen and oxygen atoms in total. The Kier molecular flexibility index (Phi) is 2.54. The Labute approximate surface area is 62.1 Å². The van der Waals surface area contributed by atoms with E-state index in [2.05, 4.69) is 29.3 Å². The highest BCUT2D eigenvalue weighted by Gasteiger charge is 2.15. The molecule has 0 amide bonds. The van der Waals surface area contributed by atoms with Crippen LogP contribution in [0.15, 0.2) is 5.10 Å². The quantitative estimate of drug-likeness (QED) is 0.634. The summed E-state index contributed by atoms with van der Waals surface area (Å²) < 4.78 is 0. The Morgan fingerprint density at radius 2 is 2.40 bits per heavy atom. The topological polar surface area (TPSA) is 27.6 Å². The predicted octanol–water partition coefficient (Wildman–Crippen LogP) is 0.981. The lowest BCUT2D eigenvalue weighted by atomic mass is 10.2. The largest absolute Gasteiger partial charge is 0.340 e. The fourth-order valence-corrected chi connectivity index (χ4v) is 1.15. The minimum Gasteiger partial charge on any atom is -0.340 e. The van der Waals surface area contributed by atoms with Crippen molar-refractivity contribution in [1.82, 2.24) is 10.3 Å². The second kappa shape index (κ2) is 3.44. The zero-order valence-electron chi connectivity index (χ0n) is 6.67. The third kappa shape index (κ3) is 1.40. The van der Waals surface area contributed by atoms with Crippen molar-refractivity contribution in [3.05, 3.63) is 0 Å². The monoisotopic (exact) mass is 141 g/mol. The Bertz CT molecular complexity index is 122. The van der Waals surface area contributed by atoms with Crippen LogP contribution in [-0.4, -0.2) is 23.9 Å². The summed E-state index contributed by atoms with van der Waals surface area (Å²) in [7, 11) is 0. The molecule has 1 unspecified atom stereocenters. The van der Waals surface area contributed by atoms with Gasteiger partial charge in [0.1, 0.15) is 12.5 Å². The molecular weight excluding hydrogens is 126 g/mol. The highest BCUT2D eigenvalue weighted by atomic mass is 15.5. The summed E-state index contributed by atoms with van der Waals surface area (Å²) in [5.41, 5.74) is 3.05. The van der Waals surface area contributed by atoms with Gasteiger partial charge in [-0.3, -0.25) is 5.43 Å². The second-order valence-electron chi connectivity index (χ2n) is 2.51. The summed E-state index contributed by atoms with van der Waals surface area (Å²) in [6.07, 6.45) is 4.71. The van der Waals surface area contributed by atoms with Gasteiger partial charge in [-0.2, -0.15) is 5.10 Å². The molecule has 1 rings (SSSR count). The van der Waals surface area contributed by atoms with Crippen molar-refractivity contribution in [3.8, 4) is 0 Å². The molecular formula is C7H15N3. The molecule has 0 aliphatic carbocycles. The number of nitrogens with one attached hydrogen (secondary N) is 1. The Morgan fingerprint density at radius 3 is 3.00 bits per heavy atom. The molecule has 0 aromatic heterocycles. The molecule has 0 saturated carbocycles. The Morgan fingerprint density at radius 1 is 1.60 bits per heavy atom. The van der Waals surface area contributed by atoms with Crippen molar-refractivity contribution in [2.45, 2.75) is 32.9 Å². The van der Waals surface area contributed by atoms with Crippen molar-refractivity contribution in [3.63, 3.8) is 0 Å². The highest BCUT2D eigenvalue weighted by Crippen LogP contribution is 2.05. The molecule has 3 heteroatoms. The third-order valence-electron chi connectivity index (χ3n) is 1.76. The molecule has 0 radical (unpaired) electrons. The van der Waals surface area contributed by atoms with E-state index in [1.54, 1.807) is 0 Å². The first-order valence-electron chi connectivity index (χ1n) is 3.93. The second-order valence-corrected chi connectivity index (χ2v) is 2.51. The van der Waals surface area contributed by atoms with E-state index < -0.39 is 0 Å². The smallest absolute Gasteiger partial charge is 0.116 e. The molecule has 0 saturated heterocycles. The first-order valence-corrected chi connectivity index (χ1v) is 3.93. The van der Waals surface area contributed by atoms with Crippen LogP contribution in [0.25, 0.3) is 0 Å². The van der Waals surface area contributed by atoms with Crippen LogP contribution < -0.4 is 5.43 Å². The summed E-state index contributed by atoms with van der Waals surface area (Å²) in [6, 6.07) is 0. The maximum absolute atomic E-state index is 3.99. The summed E-state index contributed by atoms with van der Waals surface area (Å²) in [4.78, 5) is 2.21. The standard InChI is InChI=1S/C7H15N3/c1-3-5-7-9-8-6-10(7)4-2/h6-7,9H,3-5H2,1-2H3. The maximum atomic E-state index is 3.99. The van der Waals surface area contributed by atoms with E-state index in [9.17, 15) is 0 Å². The van der Waals surface area contributed by atoms with Gasteiger partial charge in [0, 0.05) is 6.54 Å². The average molecular weight is 141 g/mol. The van der Waals surface area contributed by atoms with Crippen LogP contribution >= 0.6 is 0 Å². The zero-order valence-corrected chi connectivity index (χ0v) is 6.67. The molecule has 0 bridgehead atoms. The molecule has 0 aromatic rings. The van der Waals surface area contributed by atoms with Gasteiger partial charge in [-0.15, -0.1) is 0 Å². The van der Waals surface area contributed by atoms with Gasteiger partial charge in [0.15, 0.2) is 0 Å². The van der Waals surface area contributed by atoms with Crippen molar-refractivity contribution >= 4 is 6.34 Å². The van der Waals surface area contributed by atoms with Crippen molar-refractivity contribution in [2.24, 2.45) is 5.10 Å². The van der Waals surface area contributed by atoms with Gasteiger partial charge in [-0.1, -0.05) is 13.3 Å². The zero-order chi connectivity index (χ0) is 7.40. The minimum absolute atomic E-state index is 0.454. The molecule has 0 fully saturated rings. The van der Waals surface area contributed by atoms with Crippen LogP contribution in [0.3, 0.4) is 0 Å². The Balaban J connectivity index is 2.32. The fraction of sp³-hybridized carbons (Fsp3) is 0.857. The van der Waals surface area contributed by atoms with Crippen molar-refractivity contribution in [2.75, 3.05) is 6.54 Å². The van der Waals surface area contributed by atoms with E-state index in [1.807, 2.05) is 6.34 Å². The predicted molar refractivity (Wildman–Crippen MR) is 42.7 cm³/mol. The van der Waals surface area contributed by atoms with Gasteiger partial charge in [-0.25, -0.2) is 0 Å². The van der Waals surface area contributed by atoms with E-state index in [0.29, 0.717) is 6.17 Å². The van der Waals surface area contributed by atoms with Crippen LogP contribution in [0.2, 0.25) is 0 Å². The van der Waals surface area contributed by atoms with Crippen LogP contribution in [0.5, 0.6) is 0 Å². The SMILES string of the molecule is CCCC1NN=CN1CC. The molecule has 10 heavy (non-hydrogen) atoms. The van der Waals surface area contributed by atoms with Crippen molar-refractivity contribution in [1.29, 1.82) is 0 Å². The number of hydrazone groups is 1. The summed E-state index contributed by atoms with van der Waals surface area (Å²) in [5.74, 6) is 0. The van der Waals surface area contributed by atoms with Crippen LogP contribution in [-0.2, 0) is 0 Å². The molecule has 1 N–H and O–H groups in total. The first kappa shape index (κ1) is 7.38. The molecule has 0 spiro atoms. The van der Waals surface area contributed by atoms with Crippen LogP contribution in [0.1, 0.15) is 26.7 Å². The number of nitrogens with zero attached hydrogens (tertiary/aromatic N) is 2. The lowest BCUT2D eigenvalue weighted by Gasteiger charge is -2.21. The lowest BCUT2D eigenvalue weighted by Crippen LogP contribution is -2.36. The highest BCUT2D eigenvalue weighted by molar-refractivity contribution is 5.56. The van der Waals surface area contributed by atoms with Gasteiger partial charge >= 0.3 is 0 Å². The van der Waals surface area contributed by atoms with E-state index in [1.165, 1.54) is 12.8 Å². The van der Waals surface area contributed by atoms with Crippen molar-refractivity contribution < 1.29 is 0 Å². The number of hydrogen-bond acceptors (Lipinski definition) is 3. The van der Waals surface area contributed by atoms with Crippen LogP contribution in [0, 0.1) is 0 Å². The van der Waals surface area contributed by atoms with Gasteiger partial charge in [-0.05, 0) is 13.3 Å². The maximum Gasteiger partial charge on any atom is 0.116 e. The van der Waals surface area contributed by atoms with E-state index in [0.717, 1.165) is 6.54 Å². The van der Waals surface area contributed by atoms with Gasteiger partial charge in [0.2, 0.25) is 0 Å². The van der Waals surface area contributed by atoms with E-state index >= 15 is 0 Å². The molecule has 1 atom stereocenters.